The topological polar surface area (TPSA) is 153 Å². The number of benzene rings is 2. The Morgan fingerprint density at radius 2 is 1.63 bits per heavy atom. The monoisotopic (exact) mass is 660 g/mol. The van der Waals surface area contributed by atoms with E-state index in [1.54, 1.807) is 19.4 Å². The number of methoxy groups -OCH3 is 1. The van der Waals surface area contributed by atoms with Crippen LogP contribution >= 0.6 is 0 Å². The number of carbonyl (C=O) groups excluding carboxylic acids is 4. The average Bonchev–Trinajstić information content (AvgIpc) is 3.65. The molecule has 1 atom stereocenters. The molecule has 2 aliphatic rings. The molecule has 2 aromatic carbocycles. The van der Waals surface area contributed by atoms with Gasteiger partial charge >= 0.3 is 0 Å². The number of imide groups is 2. The number of carbonyl (C=O) groups is 4. The zero-order valence-electron chi connectivity index (χ0n) is 26.5. The number of aromatic nitrogens is 3. The Balaban J connectivity index is 0.864. The lowest BCUT2D eigenvalue weighted by Gasteiger charge is -2.27. The number of nitrogens with zero attached hydrogens (tertiary/aromatic N) is 4. The Morgan fingerprint density at radius 3 is 2.45 bits per heavy atom. The highest BCUT2D eigenvalue weighted by Crippen LogP contribution is 2.30. The summed E-state index contributed by atoms with van der Waals surface area (Å²) in [5.41, 5.74) is 5.16. The summed E-state index contributed by atoms with van der Waals surface area (Å²) in [6.07, 6.45) is 5.80. The van der Waals surface area contributed by atoms with Crippen molar-refractivity contribution in [3.05, 3.63) is 96.4 Å². The van der Waals surface area contributed by atoms with Gasteiger partial charge in [0.25, 0.3) is 11.8 Å². The first-order valence-corrected chi connectivity index (χ1v) is 15.8. The van der Waals surface area contributed by atoms with E-state index in [-0.39, 0.29) is 30.6 Å². The highest BCUT2D eigenvalue weighted by molar-refractivity contribution is 6.23. The predicted octanol–water partition coefficient (Wildman–Crippen LogP) is 3.98. The summed E-state index contributed by atoms with van der Waals surface area (Å²) in [4.78, 5) is 59.7. The molecule has 1 saturated heterocycles. The number of ether oxygens (including phenoxy) is 3. The molecule has 1 unspecified atom stereocenters. The molecule has 4 amide bonds. The number of hydrogen-bond acceptors (Lipinski definition) is 10. The molecule has 0 aliphatic carbocycles. The van der Waals surface area contributed by atoms with Gasteiger partial charge in [0.2, 0.25) is 11.8 Å². The molecule has 13 nitrogen and oxygen atoms in total. The summed E-state index contributed by atoms with van der Waals surface area (Å²) in [6.45, 7) is 1.46. The van der Waals surface area contributed by atoms with Crippen LogP contribution in [0.4, 0.5) is 5.82 Å². The van der Waals surface area contributed by atoms with Gasteiger partial charge in [0.05, 0.1) is 43.3 Å². The zero-order chi connectivity index (χ0) is 33.9. The molecule has 0 spiro atoms. The van der Waals surface area contributed by atoms with Crippen LogP contribution in [0.1, 0.15) is 33.6 Å². The van der Waals surface area contributed by atoms with E-state index in [4.69, 9.17) is 19.2 Å². The van der Waals surface area contributed by atoms with Crippen LogP contribution in [0, 0.1) is 0 Å². The summed E-state index contributed by atoms with van der Waals surface area (Å²) < 4.78 is 18.7. The van der Waals surface area contributed by atoms with E-state index in [1.165, 1.54) is 12.1 Å². The van der Waals surface area contributed by atoms with Crippen LogP contribution in [-0.4, -0.2) is 82.4 Å². The van der Waals surface area contributed by atoms with Crippen LogP contribution in [0.2, 0.25) is 0 Å². The second kappa shape index (κ2) is 13.6. The summed E-state index contributed by atoms with van der Waals surface area (Å²) in [5, 5.41) is 5.47. The third-order valence-electron chi connectivity index (χ3n) is 8.39. The number of fused-ring (bicyclic) bond motifs is 2. The van der Waals surface area contributed by atoms with E-state index in [2.05, 4.69) is 27.8 Å². The van der Waals surface area contributed by atoms with Crippen molar-refractivity contribution in [3.8, 4) is 33.9 Å². The molecule has 13 heteroatoms. The maximum atomic E-state index is 13.0. The van der Waals surface area contributed by atoms with Gasteiger partial charge in [0, 0.05) is 30.9 Å². The first-order valence-electron chi connectivity index (χ1n) is 15.8. The number of pyridine rings is 2. The molecule has 0 bridgehead atoms. The predicted molar refractivity (Wildman–Crippen MR) is 178 cm³/mol. The van der Waals surface area contributed by atoms with E-state index in [9.17, 15) is 19.2 Å². The minimum absolute atomic E-state index is 0.0640. The SMILES string of the molecule is COc1ccc2nc(-c3ccc(-c4ccnc(NCCOCCOc5ccc6c(c5)C(=O)N(C5CCC(=O)NC5=O)C6=O)c4)cc3)cn2c1. The lowest BCUT2D eigenvalue weighted by molar-refractivity contribution is -0.136. The van der Waals surface area contributed by atoms with Gasteiger partial charge in [0.15, 0.2) is 0 Å². The van der Waals surface area contributed by atoms with Crippen molar-refractivity contribution in [1.82, 2.24) is 24.6 Å². The van der Waals surface area contributed by atoms with E-state index < -0.39 is 29.7 Å². The first-order chi connectivity index (χ1) is 23.9. The molecular weight excluding hydrogens is 628 g/mol. The minimum Gasteiger partial charge on any atom is -0.495 e. The van der Waals surface area contributed by atoms with Crippen molar-refractivity contribution in [2.24, 2.45) is 0 Å². The first kappa shape index (κ1) is 31.5. The number of amides is 4. The lowest BCUT2D eigenvalue weighted by atomic mass is 10.0. The molecule has 248 valence electrons. The largest absolute Gasteiger partial charge is 0.495 e. The fourth-order valence-electron chi connectivity index (χ4n) is 5.88. The van der Waals surface area contributed by atoms with Crippen LogP contribution in [0.15, 0.2) is 85.3 Å². The van der Waals surface area contributed by atoms with E-state index >= 15 is 0 Å². The number of imidazole rings is 1. The maximum Gasteiger partial charge on any atom is 0.262 e. The Bertz CT molecular complexity index is 2080. The smallest absolute Gasteiger partial charge is 0.262 e. The second-order valence-electron chi connectivity index (χ2n) is 11.5. The Hall–Kier alpha value is -6.08. The third kappa shape index (κ3) is 6.56. The van der Waals surface area contributed by atoms with Crippen molar-refractivity contribution < 1.29 is 33.4 Å². The quantitative estimate of drug-likeness (QED) is 0.148. The standard InChI is InChI=1S/C36H32N6O7/c1-47-26-7-10-32-39-29(21-41(32)20-26)23-4-2-22(3-5-23)24-12-13-37-31(18-24)38-14-15-48-16-17-49-25-6-8-27-28(19-25)36(46)42(35(27)45)30-9-11-33(43)40-34(30)44/h2-8,10,12-13,18-21,30H,9,11,14-17H2,1H3,(H,37,38)(H,40,43,44). The Labute approximate surface area is 280 Å². The Morgan fingerprint density at radius 1 is 0.837 bits per heavy atom. The van der Waals surface area contributed by atoms with Crippen molar-refractivity contribution >= 4 is 35.1 Å². The number of rotatable bonds is 12. The molecule has 0 saturated carbocycles. The van der Waals surface area contributed by atoms with Crippen molar-refractivity contribution in [3.63, 3.8) is 0 Å². The normalized spacial score (nSPS) is 15.8. The fraction of sp³-hybridized carbons (Fsp3) is 0.222. The van der Waals surface area contributed by atoms with E-state index in [1.807, 2.05) is 53.2 Å². The molecular formula is C36H32N6O7. The van der Waals surface area contributed by atoms with E-state index in [0.717, 1.165) is 44.5 Å². The Kier molecular flexibility index (Phi) is 8.73. The number of hydrogen-bond donors (Lipinski definition) is 2. The van der Waals surface area contributed by atoms with Crippen molar-refractivity contribution in [1.29, 1.82) is 0 Å². The lowest BCUT2D eigenvalue weighted by Crippen LogP contribution is -2.54. The van der Waals surface area contributed by atoms with Crippen LogP contribution in [0.3, 0.4) is 0 Å². The number of anilines is 1. The van der Waals surface area contributed by atoms with Gasteiger partial charge in [-0.3, -0.25) is 29.4 Å². The van der Waals surface area contributed by atoms with Gasteiger partial charge in [-0.2, -0.15) is 0 Å². The van der Waals surface area contributed by atoms with Crippen LogP contribution < -0.4 is 20.1 Å². The summed E-state index contributed by atoms with van der Waals surface area (Å²) in [6, 6.07) is 19.6. The van der Waals surface area contributed by atoms with Crippen LogP contribution in [-0.2, 0) is 14.3 Å². The minimum atomic E-state index is -1.01. The molecule has 3 aromatic heterocycles. The third-order valence-corrected chi connectivity index (χ3v) is 8.39. The highest BCUT2D eigenvalue weighted by atomic mass is 16.5. The van der Waals surface area contributed by atoms with Gasteiger partial charge in [-0.25, -0.2) is 9.97 Å². The average molecular weight is 661 g/mol. The summed E-state index contributed by atoms with van der Waals surface area (Å²) in [5.74, 6) is -0.314. The van der Waals surface area contributed by atoms with Crippen molar-refractivity contribution in [2.45, 2.75) is 18.9 Å². The summed E-state index contributed by atoms with van der Waals surface area (Å²) in [7, 11) is 1.64. The second-order valence-corrected chi connectivity index (χ2v) is 11.5. The van der Waals surface area contributed by atoms with Gasteiger partial charge in [-0.05, 0) is 60.0 Å². The van der Waals surface area contributed by atoms with Crippen LogP contribution in [0.25, 0.3) is 28.0 Å². The molecule has 49 heavy (non-hydrogen) atoms. The molecule has 5 heterocycles. The van der Waals surface area contributed by atoms with Crippen LogP contribution in [0.5, 0.6) is 11.5 Å². The molecule has 7 rings (SSSR count). The summed E-state index contributed by atoms with van der Waals surface area (Å²) >= 11 is 0. The highest BCUT2D eigenvalue weighted by Gasteiger charge is 2.44. The van der Waals surface area contributed by atoms with E-state index in [0.29, 0.717) is 25.5 Å². The number of nitrogens with one attached hydrogen (secondary N) is 2. The maximum absolute atomic E-state index is 13.0. The zero-order valence-corrected chi connectivity index (χ0v) is 26.5. The van der Waals surface area contributed by atoms with Gasteiger partial charge in [-0.1, -0.05) is 24.3 Å². The van der Waals surface area contributed by atoms with Gasteiger partial charge in [-0.15, -0.1) is 0 Å². The molecule has 1 fully saturated rings. The van der Waals surface area contributed by atoms with Gasteiger partial charge < -0.3 is 23.9 Å². The van der Waals surface area contributed by atoms with Crippen molar-refractivity contribution in [2.75, 3.05) is 38.8 Å². The number of piperidine rings is 1. The molecule has 0 radical (unpaired) electrons. The molecule has 2 aliphatic heterocycles. The van der Waals surface area contributed by atoms with Gasteiger partial charge in [0.1, 0.15) is 35.6 Å². The molecule has 2 N–H and O–H groups in total. The molecule has 5 aromatic rings. The fourth-order valence-corrected chi connectivity index (χ4v) is 5.88.